The lowest BCUT2D eigenvalue weighted by atomic mass is 9.75. The molecule has 4 rings (SSSR count). The summed E-state index contributed by atoms with van der Waals surface area (Å²) >= 11 is 0. The smallest absolute Gasteiger partial charge is 0.356 e. The summed E-state index contributed by atoms with van der Waals surface area (Å²) in [7, 11) is 1.90. The first-order valence-corrected chi connectivity index (χ1v) is 10.4. The van der Waals surface area contributed by atoms with Gasteiger partial charge in [0.25, 0.3) is 0 Å². The van der Waals surface area contributed by atoms with Crippen molar-refractivity contribution in [2.24, 2.45) is 5.92 Å². The topological polar surface area (TPSA) is 82.7 Å². The highest BCUT2D eigenvalue weighted by Crippen LogP contribution is 2.47. The first kappa shape index (κ1) is 19.2. The van der Waals surface area contributed by atoms with Gasteiger partial charge in [-0.25, -0.2) is 4.79 Å². The fourth-order valence-corrected chi connectivity index (χ4v) is 4.90. The van der Waals surface area contributed by atoms with E-state index in [2.05, 4.69) is 9.88 Å². The molecule has 3 heterocycles. The van der Waals surface area contributed by atoms with Crippen LogP contribution in [0, 0.1) is 5.92 Å². The Bertz CT molecular complexity index is 804. The van der Waals surface area contributed by atoms with Crippen LogP contribution in [0.4, 0.5) is 0 Å². The Balaban J connectivity index is 1.34. The van der Waals surface area contributed by atoms with Crippen LogP contribution < -0.4 is 5.56 Å². The molecule has 1 amide bonds. The number of hydrogen-bond donors (Lipinski definition) is 1. The Kier molecular flexibility index (Phi) is 5.27. The maximum atomic E-state index is 12.9. The third-order valence-corrected chi connectivity index (χ3v) is 6.62. The molecule has 0 aromatic carbocycles. The number of fused-ring (bicyclic) bond motifs is 2. The number of amides is 1. The van der Waals surface area contributed by atoms with Crippen LogP contribution in [0.25, 0.3) is 0 Å². The molecule has 1 saturated carbocycles. The van der Waals surface area contributed by atoms with Gasteiger partial charge in [0.1, 0.15) is 11.3 Å². The molecule has 0 atom stereocenters. The highest BCUT2D eigenvalue weighted by molar-refractivity contribution is 5.92. The van der Waals surface area contributed by atoms with Gasteiger partial charge in [0.2, 0.25) is 11.5 Å². The van der Waals surface area contributed by atoms with Gasteiger partial charge in [0, 0.05) is 37.7 Å². The normalized spacial score (nSPS) is 27.5. The molecule has 1 saturated heterocycles. The zero-order chi connectivity index (χ0) is 19.7. The number of rotatable bonds is 4. The van der Waals surface area contributed by atoms with Crippen molar-refractivity contribution < 1.29 is 14.3 Å². The van der Waals surface area contributed by atoms with E-state index in [0.29, 0.717) is 25.7 Å². The van der Waals surface area contributed by atoms with Crippen molar-refractivity contribution in [2.75, 3.05) is 33.2 Å². The monoisotopic (exact) mass is 387 g/mol. The Morgan fingerprint density at radius 3 is 2.64 bits per heavy atom. The molecule has 1 aliphatic carbocycles. The number of nitrogens with one attached hydrogen (secondary N) is 1. The second-order valence-electron chi connectivity index (χ2n) is 8.43. The minimum absolute atomic E-state index is 0.0255. The second-order valence-corrected chi connectivity index (χ2v) is 8.43. The molecular formula is C21H29N3O4. The number of H-pyrrole nitrogens is 1. The number of aromatic amines is 1. The third-order valence-electron chi connectivity index (χ3n) is 6.62. The Morgan fingerprint density at radius 1 is 1.21 bits per heavy atom. The van der Waals surface area contributed by atoms with E-state index in [1.165, 1.54) is 25.3 Å². The van der Waals surface area contributed by atoms with E-state index in [-0.39, 0.29) is 23.1 Å². The summed E-state index contributed by atoms with van der Waals surface area (Å²) in [6, 6.07) is 3.14. The third kappa shape index (κ3) is 3.60. The molecule has 2 aliphatic heterocycles. The van der Waals surface area contributed by atoms with Crippen LogP contribution in [0.3, 0.4) is 0 Å². The maximum Gasteiger partial charge on any atom is 0.356 e. The van der Waals surface area contributed by atoms with Crippen molar-refractivity contribution in [1.29, 1.82) is 0 Å². The lowest BCUT2D eigenvalue weighted by Crippen LogP contribution is -2.43. The summed E-state index contributed by atoms with van der Waals surface area (Å²) in [5.74, 6) is -0.295. The summed E-state index contributed by atoms with van der Waals surface area (Å²) in [5, 5.41) is 0. The molecule has 0 unspecified atom stereocenters. The van der Waals surface area contributed by atoms with E-state index in [4.69, 9.17) is 4.74 Å². The van der Waals surface area contributed by atoms with Crippen molar-refractivity contribution in [3.05, 3.63) is 33.7 Å². The number of piperidine rings is 1. The molecule has 1 spiro atoms. The van der Waals surface area contributed by atoms with Crippen molar-refractivity contribution in [2.45, 2.75) is 50.5 Å². The number of esters is 1. The van der Waals surface area contributed by atoms with Gasteiger partial charge < -0.3 is 19.5 Å². The van der Waals surface area contributed by atoms with Gasteiger partial charge >= 0.3 is 5.97 Å². The quantitative estimate of drug-likeness (QED) is 0.798. The molecule has 2 fully saturated rings. The number of likely N-dealkylation sites (tertiary alicyclic amines) is 1. The minimum Gasteiger partial charge on any atom is -0.449 e. The predicted octanol–water partition coefficient (Wildman–Crippen LogP) is 1.88. The van der Waals surface area contributed by atoms with E-state index in [9.17, 15) is 14.4 Å². The number of aromatic nitrogens is 1. The zero-order valence-electron chi connectivity index (χ0n) is 16.5. The van der Waals surface area contributed by atoms with Crippen LogP contribution in [-0.2, 0) is 15.1 Å². The number of carbonyl (C=O) groups is 2. The first-order chi connectivity index (χ1) is 13.5. The Hall–Kier alpha value is -2.15. The predicted molar refractivity (Wildman–Crippen MR) is 104 cm³/mol. The van der Waals surface area contributed by atoms with Crippen LogP contribution in [0.5, 0.6) is 0 Å². The molecule has 28 heavy (non-hydrogen) atoms. The van der Waals surface area contributed by atoms with E-state index in [0.717, 1.165) is 31.7 Å². The van der Waals surface area contributed by atoms with Gasteiger partial charge in [-0.05, 0) is 57.7 Å². The zero-order valence-corrected chi connectivity index (χ0v) is 16.5. The molecule has 1 aromatic heterocycles. The standard InChI is InChI=1S/C21H29N3O4/c1-23(13-14-24-11-3-2-4-12-24)19(26)15-7-9-21(10-8-15)16-5-6-17(25)22-18(16)20(27)28-21/h5-6,15H,2-4,7-14H2,1H3,(H,22,25). The maximum absolute atomic E-state index is 12.9. The minimum atomic E-state index is -0.681. The highest BCUT2D eigenvalue weighted by Gasteiger charge is 2.49. The average molecular weight is 387 g/mol. The number of ether oxygens (including phenoxy) is 1. The van der Waals surface area contributed by atoms with Crippen molar-refractivity contribution in [3.8, 4) is 0 Å². The summed E-state index contributed by atoms with van der Waals surface area (Å²) in [6.07, 6.45) is 6.46. The lowest BCUT2D eigenvalue weighted by Gasteiger charge is -2.37. The van der Waals surface area contributed by atoms with Gasteiger partial charge in [-0.3, -0.25) is 9.59 Å². The first-order valence-electron chi connectivity index (χ1n) is 10.4. The number of carbonyl (C=O) groups excluding carboxylic acids is 2. The molecule has 1 N–H and O–H groups in total. The molecule has 0 bridgehead atoms. The van der Waals surface area contributed by atoms with Gasteiger partial charge in [0.15, 0.2) is 0 Å². The second kappa shape index (κ2) is 7.70. The van der Waals surface area contributed by atoms with E-state index >= 15 is 0 Å². The Labute approximate surface area is 165 Å². The van der Waals surface area contributed by atoms with Gasteiger partial charge in [-0.2, -0.15) is 0 Å². The fourth-order valence-electron chi connectivity index (χ4n) is 4.90. The molecule has 152 valence electrons. The van der Waals surface area contributed by atoms with E-state index in [1.54, 1.807) is 6.07 Å². The summed E-state index contributed by atoms with van der Waals surface area (Å²) in [6.45, 7) is 3.98. The van der Waals surface area contributed by atoms with Crippen LogP contribution in [0.1, 0.15) is 61.0 Å². The van der Waals surface area contributed by atoms with Crippen molar-refractivity contribution in [1.82, 2.24) is 14.8 Å². The molecule has 0 radical (unpaired) electrons. The van der Waals surface area contributed by atoms with Crippen molar-refractivity contribution >= 4 is 11.9 Å². The lowest BCUT2D eigenvalue weighted by molar-refractivity contribution is -0.137. The van der Waals surface area contributed by atoms with Gasteiger partial charge in [-0.15, -0.1) is 0 Å². The molecule has 3 aliphatic rings. The van der Waals surface area contributed by atoms with Crippen LogP contribution in [0.2, 0.25) is 0 Å². The molecule has 7 heteroatoms. The van der Waals surface area contributed by atoms with E-state index in [1.807, 2.05) is 11.9 Å². The summed E-state index contributed by atoms with van der Waals surface area (Å²) in [5.41, 5.74) is 0.0593. The van der Waals surface area contributed by atoms with Crippen LogP contribution >= 0.6 is 0 Å². The SMILES string of the molecule is CN(CCN1CCCCC1)C(=O)C1CCC2(CC1)OC(=O)c1[nH]c(=O)ccc12. The number of pyridine rings is 1. The van der Waals surface area contributed by atoms with Crippen molar-refractivity contribution in [3.63, 3.8) is 0 Å². The molecular weight excluding hydrogens is 358 g/mol. The highest BCUT2D eigenvalue weighted by atomic mass is 16.6. The fraction of sp³-hybridized carbons (Fsp3) is 0.667. The molecule has 7 nitrogen and oxygen atoms in total. The average Bonchev–Trinajstić information content (AvgIpc) is 2.97. The number of nitrogens with zero attached hydrogens (tertiary/aromatic N) is 2. The van der Waals surface area contributed by atoms with Gasteiger partial charge in [0.05, 0.1) is 0 Å². The van der Waals surface area contributed by atoms with Crippen LogP contribution in [-0.4, -0.2) is 59.9 Å². The van der Waals surface area contributed by atoms with Crippen LogP contribution in [0.15, 0.2) is 16.9 Å². The number of likely N-dealkylation sites (N-methyl/N-ethyl adjacent to an activating group) is 1. The summed E-state index contributed by atoms with van der Waals surface area (Å²) in [4.78, 5) is 43.5. The molecule has 1 aromatic rings. The van der Waals surface area contributed by atoms with Gasteiger partial charge in [-0.1, -0.05) is 6.42 Å². The largest absolute Gasteiger partial charge is 0.449 e. The number of hydrogen-bond acceptors (Lipinski definition) is 5. The van der Waals surface area contributed by atoms with E-state index < -0.39 is 11.6 Å². The summed E-state index contributed by atoms with van der Waals surface area (Å²) < 4.78 is 5.69. The Morgan fingerprint density at radius 2 is 1.93 bits per heavy atom.